The average Bonchev–Trinajstić information content (AvgIpc) is 4.14. The summed E-state index contributed by atoms with van der Waals surface area (Å²) >= 11 is 0. The predicted octanol–water partition coefficient (Wildman–Crippen LogP) is 16.4. The summed E-state index contributed by atoms with van der Waals surface area (Å²) in [6, 6.07) is 81.7. The molecule has 0 saturated carbocycles. The molecule has 0 bridgehead atoms. The monoisotopic (exact) mass is 853 g/mol. The zero-order valence-electron chi connectivity index (χ0n) is 37.2. The minimum Gasteiger partial charge on any atom is -0.309 e. The first kappa shape index (κ1) is 36.9. The van der Waals surface area contributed by atoms with E-state index in [1.54, 1.807) is 0 Å². The van der Waals surface area contributed by atoms with Gasteiger partial charge >= 0.3 is 0 Å². The van der Waals surface area contributed by atoms with Crippen LogP contribution in [0.4, 0.5) is 0 Å². The highest BCUT2D eigenvalue weighted by Crippen LogP contribution is 2.54. The largest absolute Gasteiger partial charge is 0.309 e. The lowest BCUT2D eigenvalue weighted by Gasteiger charge is -2.22. The first-order valence-corrected chi connectivity index (χ1v) is 23.5. The van der Waals surface area contributed by atoms with E-state index in [0.717, 1.165) is 0 Å². The van der Waals surface area contributed by atoms with Gasteiger partial charge < -0.3 is 13.7 Å². The molecule has 3 aromatic heterocycles. The quantitative estimate of drug-likeness (QED) is 0.168. The number of benzene rings is 10. The van der Waals surface area contributed by atoms with E-state index in [-0.39, 0.29) is 11.3 Å². The number of nitrogens with zero attached hydrogens (tertiary/aromatic N) is 3. The Balaban J connectivity index is 0.925. The van der Waals surface area contributed by atoms with Gasteiger partial charge in [-0.2, -0.15) is 0 Å². The van der Waals surface area contributed by atoms with Crippen molar-refractivity contribution in [3.05, 3.63) is 246 Å². The highest BCUT2D eigenvalue weighted by molar-refractivity contribution is 6.15. The lowest BCUT2D eigenvalue weighted by Crippen LogP contribution is -2.15. The molecule has 3 heterocycles. The molecule has 0 radical (unpaired) electrons. The normalized spacial score (nSPS) is 14.7. The summed E-state index contributed by atoms with van der Waals surface area (Å²) in [4.78, 5) is 0. The standard InChI is InChI=1S/C64H43N3/c1-64(2)55-37-61-53(45-23-12-15-27-58(45)66(61)41-29-31-48-49(33-41)43-21-9-10-25-47(43)63(48)39-17-5-3-6-18-39)35-50(55)51-36-54-46-24-13-16-28-59(46)67(62(54)38-56(51)64)42-30-32-60-52(34-42)44-22-11-14-26-57(44)65(60)40-19-7-4-8-20-40/h3-38,63H,1-2H3. The summed E-state index contributed by atoms with van der Waals surface area (Å²) in [5.74, 6) is 0.219. The van der Waals surface area contributed by atoms with E-state index >= 15 is 0 Å². The Bertz CT molecular complexity index is 4240. The number of para-hydroxylation sites is 4. The maximum atomic E-state index is 2.52. The molecule has 2 aliphatic rings. The van der Waals surface area contributed by atoms with Crippen LogP contribution in [0.5, 0.6) is 0 Å². The predicted molar refractivity (Wildman–Crippen MR) is 280 cm³/mol. The van der Waals surface area contributed by atoms with Gasteiger partial charge in [0.2, 0.25) is 0 Å². The third-order valence-electron chi connectivity index (χ3n) is 15.5. The minimum absolute atomic E-state index is 0.219. The van der Waals surface area contributed by atoms with Crippen molar-refractivity contribution in [2.75, 3.05) is 0 Å². The van der Waals surface area contributed by atoms with Gasteiger partial charge in [-0.25, -0.2) is 0 Å². The molecule has 0 aliphatic heterocycles. The van der Waals surface area contributed by atoms with Gasteiger partial charge in [0, 0.05) is 60.7 Å². The second-order valence-electron chi connectivity index (χ2n) is 19.3. The van der Waals surface area contributed by atoms with Crippen LogP contribution in [0.25, 0.3) is 105 Å². The summed E-state index contributed by atoms with van der Waals surface area (Å²) in [5.41, 5.74) is 22.8. The first-order chi connectivity index (χ1) is 33.0. The van der Waals surface area contributed by atoms with Crippen molar-refractivity contribution in [2.45, 2.75) is 25.2 Å². The van der Waals surface area contributed by atoms with Crippen LogP contribution in [0.3, 0.4) is 0 Å². The second-order valence-corrected chi connectivity index (χ2v) is 19.3. The van der Waals surface area contributed by atoms with E-state index in [0.29, 0.717) is 0 Å². The molecule has 0 spiro atoms. The molecule has 1 atom stereocenters. The second kappa shape index (κ2) is 13.3. The number of hydrogen-bond acceptors (Lipinski definition) is 0. The number of rotatable bonds is 4. The van der Waals surface area contributed by atoms with Crippen molar-refractivity contribution in [3.8, 4) is 39.3 Å². The summed E-state index contributed by atoms with van der Waals surface area (Å²) < 4.78 is 7.42. The fourth-order valence-electron chi connectivity index (χ4n) is 12.5. The SMILES string of the molecule is CC1(C)c2cc3c(cc2-c2cc4c5ccccc5n(-c5ccc6c(c5)c5ccccc5n6-c5ccccc5)c4cc21)c1ccccc1n3-c1ccc2c(c1)-c1ccccc1C2c1ccccc1. The topological polar surface area (TPSA) is 14.8 Å². The average molecular weight is 854 g/mol. The van der Waals surface area contributed by atoms with E-state index in [9.17, 15) is 0 Å². The molecule has 3 heteroatoms. The van der Waals surface area contributed by atoms with Gasteiger partial charge in [0.15, 0.2) is 0 Å². The van der Waals surface area contributed by atoms with Gasteiger partial charge in [-0.05, 0) is 135 Å². The maximum Gasteiger partial charge on any atom is 0.0544 e. The number of fused-ring (bicyclic) bond motifs is 15. The van der Waals surface area contributed by atoms with Crippen molar-refractivity contribution in [1.29, 1.82) is 0 Å². The van der Waals surface area contributed by atoms with Crippen LogP contribution in [-0.2, 0) is 5.41 Å². The molecule has 3 nitrogen and oxygen atoms in total. The van der Waals surface area contributed by atoms with Gasteiger partial charge in [-0.3, -0.25) is 0 Å². The van der Waals surface area contributed by atoms with Crippen LogP contribution >= 0.6 is 0 Å². The molecular weight excluding hydrogens is 811 g/mol. The molecule has 2 aliphatic carbocycles. The molecule has 10 aromatic carbocycles. The van der Waals surface area contributed by atoms with E-state index in [4.69, 9.17) is 0 Å². The van der Waals surface area contributed by atoms with Crippen LogP contribution in [0.2, 0.25) is 0 Å². The number of aromatic nitrogens is 3. The highest BCUT2D eigenvalue weighted by atomic mass is 15.0. The van der Waals surface area contributed by atoms with Crippen molar-refractivity contribution < 1.29 is 0 Å². The van der Waals surface area contributed by atoms with Gasteiger partial charge in [0.05, 0.1) is 33.1 Å². The molecular formula is C64H43N3. The Morgan fingerprint density at radius 2 is 0.746 bits per heavy atom. The highest BCUT2D eigenvalue weighted by Gasteiger charge is 2.38. The van der Waals surface area contributed by atoms with Crippen molar-refractivity contribution in [2.24, 2.45) is 0 Å². The molecule has 0 N–H and O–H groups in total. The zero-order valence-corrected chi connectivity index (χ0v) is 37.2. The molecule has 67 heavy (non-hydrogen) atoms. The third-order valence-corrected chi connectivity index (χ3v) is 15.5. The third kappa shape index (κ3) is 4.95. The van der Waals surface area contributed by atoms with Gasteiger partial charge in [-0.15, -0.1) is 0 Å². The zero-order chi connectivity index (χ0) is 44.1. The minimum atomic E-state index is -0.248. The summed E-state index contributed by atoms with van der Waals surface area (Å²) in [6.07, 6.45) is 0. The molecule has 314 valence electrons. The van der Waals surface area contributed by atoms with Gasteiger partial charge in [0.1, 0.15) is 0 Å². The molecule has 0 fully saturated rings. The molecule has 13 aromatic rings. The fourth-order valence-corrected chi connectivity index (χ4v) is 12.5. The van der Waals surface area contributed by atoms with E-state index in [1.807, 2.05) is 0 Å². The Labute approximate surface area is 388 Å². The summed E-state index contributed by atoms with van der Waals surface area (Å²) in [5, 5.41) is 7.61. The van der Waals surface area contributed by atoms with Crippen LogP contribution in [-0.4, -0.2) is 13.7 Å². The summed E-state index contributed by atoms with van der Waals surface area (Å²) in [6.45, 7) is 4.85. The van der Waals surface area contributed by atoms with Crippen molar-refractivity contribution in [3.63, 3.8) is 0 Å². The van der Waals surface area contributed by atoms with Gasteiger partial charge in [0.25, 0.3) is 0 Å². The lowest BCUT2D eigenvalue weighted by atomic mass is 9.82. The summed E-state index contributed by atoms with van der Waals surface area (Å²) in [7, 11) is 0. The Morgan fingerprint density at radius 3 is 1.36 bits per heavy atom. The Morgan fingerprint density at radius 1 is 0.299 bits per heavy atom. The van der Waals surface area contributed by atoms with E-state index in [1.165, 1.54) is 133 Å². The first-order valence-electron chi connectivity index (χ1n) is 23.5. The Kier molecular flexibility index (Phi) is 7.35. The molecule has 1 unspecified atom stereocenters. The molecule has 0 amide bonds. The maximum absolute atomic E-state index is 2.52. The van der Waals surface area contributed by atoms with Crippen molar-refractivity contribution in [1.82, 2.24) is 13.7 Å². The lowest BCUT2D eigenvalue weighted by molar-refractivity contribution is 0.661. The molecule has 0 saturated heterocycles. The van der Waals surface area contributed by atoms with Crippen molar-refractivity contribution >= 4 is 65.4 Å². The van der Waals surface area contributed by atoms with Crippen LogP contribution in [0.15, 0.2) is 218 Å². The smallest absolute Gasteiger partial charge is 0.0544 e. The molecule has 15 rings (SSSR count). The fraction of sp³-hybridized carbons (Fsp3) is 0.0625. The van der Waals surface area contributed by atoms with Crippen LogP contribution in [0.1, 0.15) is 47.6 Å². The van der Waals surface area contributed by atoms with Crippen LogP contribution in [0, 0.1) is 0 Å². The van der Waals surface area contributed by atoms with E-state index in [2.05, 4.69) is 246 Å². The van der Waals surface area contributed by atoms with E-state index < -0.39 is 0 Å². The van der Waals surface area contributed by atoms with Crippen LogP contribution < -0.4 is 0 Å². The van der Waals surface area contributed by atoms with Gasteiger partial charge in [-0.1, -0.05) is 147 Å². The Hall–Kier alpha value is -8.40. The number of hydrogen-bond donors (Lipinski definition) is 0.